The predicted molar refractivity (Wildman–Crippen MR) is 126 cm³/mol. The lowest BCUT2D eigenvalue weighted by molar-refractivity contribution is -0.146. The topological polar surface area (TPSA) is 95.9 Å². The Morgan fingerprint density at radius 1 is 0.970 bits per heavy atom. The summed E-state index contributed by atoms with van der Waals surface area (Å²) in [5.74, 6) is -1.48. The van der Waals surface area contributed by atoms with Crippen LogP contribution in [0.15, 0.2) is 48.5 Å². The zero-order chi connectivity index (χ0) is 24.1. The summed E-state index contributed by atoms with van der Waals surface area (Å²) in [6.07, 6.45) is -0.304. The van der Waals surface area contributed by atoms with Gasteiger partial charge < -0.3 is 20.1 Å². The van der Waals surface area contributed by atoms with Crippen LogP contribution in [0.1, 0.15) is 51.2 Å². The van der Waals surface area contributed by atoms with E-state index in [1.165, 1.54) is 4.90 Å². The minimum Gasteiger partial charge on any atom is -0.480 e. The number of carboxylic acids is 1. The second kappa shape index (κ2) is 10.5. The highest BCUT2D eigenvalue weighted by Gasteiger charge is 2.32. The Morgan fingerprint density at radius 2 is 1.52 bits per heavy atom. The summed E-state index contributed by atoms with van der Waals surface area (Å²) < 4.78 is 5.59. The Hall–Kier alpha value is -3.35. The van der Waals surface area contributed by atoms with Gasteiger partial charge in [0.05, 0.1) is 0 Å². The first-order chi connectivity index (χ1) is 15.7. The van der Waals surface area contributed by atoms with Gasteiger partial charge in [-0.25, -0.2) is 4.79 Å². The smallest absolute Gasteiger partial charge is 0.407 e. The molecule has 1 atom stereocenters. The number of ether oxygens (including phenoxy) is 1. The highest BCUT2D eigenvalue weighted by molar-refractivity contribution is 5.88. The zero-order valence-electron chi connectivity index (χ0n) is 19.6. The SMILES string of the molecule is CC(C)CC(NC(=O)OCC1c2ccccc2-c2ccccc21)C(=O)N(CC(=O)O)C(C)C. The van der Waals surface area contributed by atoms with Crippen LogP contribution in [0, 0.1) is 5.92 Å². The maximum Gasteiger partial charge on any atom is 0.407 e. The number of carbonyl (C=O) groups excluding carboxylic acids is 2. The molecule has 0 heterocycles. The lowest BCUT2D eigenvalue weighted by Gasteiger charge is -2.30. The Labute approximate surface area is 194 Å². The van der Waals surface area contributed by atoms with Crippen molar-refractivity contribution < 1.29 is 24.2 Å². The number of nitrogens with one attached hydrogen (secondary N) is 1. The van der Waals surface area contributed by atoms with Crippen LogP contribution in [-0.4, -0.2) is 53.2 Å². The summed E-state index contributed by atoms with van der Waals surface area (Å²) in [7, 11) is 0. The van der Waals surface area contributed by atoms with Crippen LogP contribution in [0.4, 0.5) is 4.79 Å². The van der Waals surface area contributed by atoms with Crippen molar-refractivity contribution in [1.29, 1.82) is 0 Å². The van der Waals surface area contributed by atoms with E-state index in [1.807, 2.05) is 50.2 Å². The van der Waals surface area contributed by atoms with Crippen LogP contribution in [0.2, 0.25) is 0 Å². The third-order valence-electron chi connectivity index (χ3n) is 5.85. The van der Waals surface area contributed by atoms with Crippen molar-refractivity contribution >= 4 is 18.0 Å². The number of fused-ring (bicyclic) bond motifs is 3. The van der Waals surface area contributed by atoms with Gasteiger partial charge in [0, 0.05) is 12.0 Å². The number of hydrogen-bond donors (Lipinski definition) is 2. The van der Waals surface area contributed by atoms with Gasteiger partial charge in [0.2, 0.25) is 5.91 Å². The first-order valence-electron chi connectivity index (χ1n) is 11.3. The fourth-order valence-electron chi connectivity index (χ4n) is 4.34. The molecule has 0 aliphatic heterocycles. The number of rotatable bonds is 9. The van der Waals surface area contributed by atoms with Gasteiger partial charge in [-0.05, 0) is 48.4 Å². The van der Waals surface area contributed by atoms with Crippen LogP contribution in [0.5, 0.6) is 0 Å². The summed E-state index contributed by atoms with van der Waals surface area (Å²) in [5, 5.41) is 11.9. The van der Waals surface area contributed by atoms with Gasteiger partial charge in [0.1, 0.15) is 19.2 Å². The average Bonchev–Trinajstić information content (AvgIpc) is 3.08. The van der Waals surface area contributed by atoms with Gasteiger partial charge in [0.25, 0.3) is 0 Å². The highest BCUT2D eigenvalue weighted by Crippen LogP contribution is 2.44. The van der Waals surface area contributed by atoms with E-state index < -0.39 is 30.6 Å². The molecule has 0 saturated heterocycles. The molecule has 1 aliphatic carbocycles. The minimum absolute atomic E-state index is 0.0819. The Morgan fingerprint density at radius 3 is 2.00 bits per heavy atom. The molecule has 0 saturated carbocycles. The standard InChI is InChI=1S/C26H32N2O5/c1-16(2)13-23(25(31)28(17(3)4)14-24(29)30)27-26(32)33-15-22-20-11-7-5-9-18(20)19-10-6-8-12-21(19)22/h5-12,16-17,22-23H,13-15H2,1-4H3,(H,27,32)(H,29,30). The Balaban J connectivity index is 1.71. The van der Waals surface area contributed by atoms with E-state index in [2.05, 4.69) is 17.4 Å². The van der Waals surface area contributed by atoms with E-state index in [0.717, 1.165) is 22.3 Å². The van der Waals surface area contributed by atoms with E-state index in [0.29, 0.717) is 6.42 Å². The van der Waals surface area contributed by atoms with E-state index in [1.54, 1.807) is 13.8 Å². The maximum absolute atomic E-state index is 13.1. The predicted octanol–water partition coefficient (Wildman–Crippen LogP) is 4.26. The molecule has 0 fully saturated rings. The molecule has 1 aliphatic rings. The van der Waals surface area contributed by atoms with Crippen LogP contribution in [0.25, 0.3) is 11.1 Å². The van der Waals surface area contributed by atoms with Crippen LogP contribution in [-0.2, 0) is 14.3 Å². The van der Waals surface area contributed by atoms with Gasteiger partial charge in [-0.15, -0.1) is 0 Å². The molecule has 0 radical (unpaired) electrons. The Kier molecular flexibility index (Phi) is 7.74. The first-order valence-corrected chi connectivity index (χ1v) is 11.3. The number of hydrogen-bond acceptors (Lipinski definition) is 4. The lowest BCUT2D eigenvalue weighted by Crippen LogP contribution is -2.52. The molecular formula is C26H32N2O5. The second-order valence-corrected chi connectivity index (χ2v) is 9.11. The van der Waals surface area contributed by atoms with Crippen molar-refractivity contribution in [3.05, 3.63) is 59.7 Å². The fourth-order valence-corrected chi connectivity index (χ4v) is 4.34. The summed E-state index contributed by atoms with van der Waals surface area (Å²) in [6.45, 7) is 7.11. The summed E-state index contributed by atoms with van der Waals surface area (Å²) in [5.41, 5.74) is 4.48. The number of amides is 2. The van der Waals surface area contributed by atoms with Gasteiger partial charge in [-0.3, -0.25) is 9.59 Å². The van der Waals surface area contributed by atoms with Crippen molar-refractivity contribution in [3.8, 4) is 11.1 Å². The normalized spacial score (nSPS) is 13.4. The van der Waals surface area contributed by atoms with Crippen LogP contribution < -0.4 is 5.32 Å². The van der Waals surface area contributed by atoms with Crippen molar-refractivity contribution in [2.24, 2.45) is 5.92 Å². The van der Waals surface area contributed by atoms with E-state index in [-0.39, 0.29) is 24.5 Å². The molecule has 2 aromatic rings. The third kappa shape index (κ3) is 5.72. The molecule has 3 rings (SSSR count). The van der Waals surface area contributed by atoms with Crippen molar-refractivity contribution in [2.45, 2.75) is 52.1 Å². The monoisotopic (exact) mass is 452 g/mol. The largest absolute Gasteiger partial charge is 0.480 e. The summed E-state index contributed by atoms with van der Waals surface area (Å²) in [4.78, 5) is 38.3. The van der Waals surface area contributed by atoms with Gasteiger partial charge in [-0.2, -0.15) is 0 Å². The molecule has 0 aromatic heterocycles. The molecule has 2 N–H and O–H groups in total. The van der Waals surface area contributed by atoms with E-state index >= 15 is 0 Å². The highest BCUT2D eigenvalue weighted by atomic mass is 16.5. The first kappa shape index (κ1) is 24.3. The minimum atomic E-state index is -1.10. The van der Waals surface area contributed by atoms with Crippen molar-refractivity contribution in [1.82, 2.24) is 10.2 Å². The number of aliphatic carboxylic acids is 1. The van der Waals surface area contributed by atoms with E-state index in [9.17, 15) is 19.5 Å². The molecule has 33 heavy (non-hydrogen) atoms. The van der Waals surface area contributed by atoms with Gasteiger partial charge >= 0.3 is 12.1 Å². The molecule has 1 unspecified atom stereocenters. The zero-order valence-corrected chi connectivity index (χ0v) is 19.6. The molecule has 0 bridgehead atoms. The summed E-state index contributed by atoms with van der Waals surface area (Å²) >= 11 is 0. The van der Waals surface area contributed by atoms with Crippen LogP contribution >= 0.6 is 0 Å². The lowest BCUT2D eigenvalue weighted by atomic mass is 9.98. The molecule has 0 spiro atoms. The Bertz CT molecular complexity index is 972. The molecular weight excluding hydrogens is 420 g/mol. The fraction of sp³-hybridized carbons (Fsp3) is 0.423. The number of nitrogens with zero attached hydrogens (tertiary/aromatic N) is 1. The number of benzene rings is 2. The van der Waals surface area contributed by atoms with E-state index in [4.69, 9.17) is 4.74 Å². The molecule has 7 heteroatoms. The summed E-state index contributed by atoms with van der Waals surface area (Å²) in [6, 6.07) is 15.0. The number of alkyl carbamates (subject to hydrolysis) is 1. The maximum atomic E-state index is 13.1. The number of carbonyl (C=O) groups is 3. The van der Waals surface area contributed by atoms with Crippen molar-refractivity contribution in [3.63, 3.8) is 0 Å². The van der Waals surface area contributed by atoms with Crippen LogP contribution in [0.3, 0.4) is 0 Å². The third-order valence-corrected chi connectivity index (χ3v) is 5.85. The van der Waals surface area contributed by atoms with Gasteiger partial charge in [0.15, 0.2) is 0 Å². The molecule has 7 nitrogen and oxygen atoms in total. The molecule has 2 amide bonds. The second-order valence-electron chi connectivity index (χ2n) is 9.11. The van der Waals surface area contributed by atoms with Crippen molar-refractivity contribution in [2.75, 3.05) is 13.2 Å². The molecule has 2 aromatic carbocycles. The molecule has 176 valence electrons. The average molecular weight is 453 g/mol. The number of carboxylic acid groups (broad SMARTS) is 1. The quantitative estimate of drug-likeness (QED) is 0.593. The van der Waals surface area contributed by atoms with Gasteiger partial charge in [-0.1, -0.05) is 62.4 Å².